The van der Waals surface area contributed by atoms with Gasteiger partial charge in [-0.15, -0.1) is 0 Å². The first kappa shape index (κ1) is 27.6. The van der Waals surface area contributed by atoms with Crippen molar-refractivity contribution in [2.45, 2.75) is 45.4 Å². The second-order valence-electron chi connectivity index (χ2n) is 10.9. The van der Waals surface area contributed by atoms with E-state index in [1.165, 1.54) is 12.1 Å². The van der Waals surface area contributed by atoms with Gasteiger partial charge in [0.25, 0.3) is 5.91 Å². The predicted molar refractivity (Wildman–Crippen MR) is 162 cm³/mol. The van der Waals surface area contributed by atoms with Crippen LogP contribution in [0.5, 0.6) is 11.5 Å². The predicted octanol–water partition coefficient (Wildman–Crippen LogP) is 6.13. The van der Waals surface area contributed by atoms with E-state index in [9.17, 15) is 14.3 Å². The number of carbonyl (C=O) groups is 1. The van der Waals surface area contributed by atoms with Crippen LogP contribution in [0.15, 0.2) is 72.9 Å². The summed E-state index contributed by atoms with van der Waals surface area (Å²) in [5.41, 5.74) is 6.85. The monoisotopic (exact) mass is 567 g/mol. The number of carbonyl (C=O) groups excluding carboxylic acids is 1. The van der Waals surface area contributed by atoms with Gasteiger partial charge in [-0.25, -0.2) is 4.39 Å². The number of aryl methyl sites for hydroxylation is 1. The quantitative estimate of drug-likeness (QED) is 0.200. The maximum absolute atomic E-state index is 13.9. The Morgan fingerprint density at radius 1 is 1.10 bits per heavy atom. The lowest BCUT2D eigenvalue weighted by atomic mass is 9.97. The summed E-state index contributed by atoms with van der Waals surface area (Å²) in [4.78, 5) is 17.2. The van der Waals surface area contributed by atoms with Gasteiger partial charge in [0, 0.05) is 34.9 Å². The molecule has 0 unspecified atom stereocenters. The number of nitrogens with zero attached hydrogens (tertiary/aromatic N) is 1. The summed E-state index contributed by atoms with van der Waals surface area (Å²) in [6.07, 6.45) is 3.06. The van der Waals surface area contributed by atoms with E-state index in [0.717, 1.165) is 45.3 Å². The van der Waals surface area contributed by atoms with Crippen LogP contribution in [-0.4, -0.2) is 46.4 Å². The van der Waals surface area contributed by atoms with E-state index >= 15 is 0 Å². The third-order valence-corrected chi connectivity index (χ3v) is 7.79. The van der Waals surface area contributed by atoms with Crippen molar-refractivity contribution in [2.24, 2.45) is 0 Å². The number of halogens is 1. The molecule has 8 heteroatoms. The summed E-state index contributed by atoms with van der Waals surface area (Å²) in [6, 6.07) is 19.5. The van der Waals surface area contributed by atoms with Crippen LogP contribution >= 0.6 is 0 Å². The molecule has 216 valence electrons. The molecule has 1 aliphatic heterocycles. The molecular formula is C34H34FN3O4. The molecule has 0 bridgehead atoms. The number of aromatic nitrogens is 2. The van der Waals surface area contributed by atoms with Crippen LogP contribution in [0.25, 0.3) is 33.4 Å². The number of hydrogen-bond donors (Lipinski definition) is 3. The highest BCUT2D eigenvalue weighted by Crippen LogP contribution is 2.43. The molecule has 0 saturated carbocycles. The summed E-state index contributed by atoms with van der Waals surface area (Å²) in [5, 5.41) is 14.4. The Bertz CT molecular complexity index is 1750. The van der Waals surface area contributed by atoms with Crippen molar-refractivity contribution in [1.29, 1.82) is 0 Å². The average molecular weight is 568 g/mol. The maximum atomic E-state index is 13.9. The molecule has 2 aromatic heterocycles. The van der Waals surface area contributed by atoms with Gasteiger partial charge in [-0.05, 0) is 91.9 Å². The van der Waals surface area contributed by atoms with Crippen LogP contribution in [0, 0.1) is 5.82 Å². The Kier molecular flexibility index (Phi) is 7.47. The second kappa shape index (κ2) is 11.4. The SMILES string of the molecule is COc1cc2c(cc1OC(C)C)-c1cc(C(=O)N[C@@H](CO)Cc3c[nH]c4ccccc34)c(-c3ccc(F)cc3)n1CC2. The number of aliphatic hydroxyl groups excluding tert-OH is 1. The Labute approximate surface area is 243 Å². The summed E-state index contributed by atoms with van der Waals surface area (Å²) in [7, 11) is 1.63. The third kappa shape index (κ3) is 5.14. The fourth-order valence-corrected chi connectivity index (χ4v) is 5.87. The number of ether oxygens (including phenoxy) is 2. The minimum atomic E-state index is -0.503. The highest BCUT2D eigenvalue weighted by atomic mass is 19.1. The minimum absolute atomic E-state index is 0.0454. The zero-order valence-electron chi connectivity index (χ0n) is 23.9. The Morgan fingerprint density at radius 3 is 2.62 bits per heavy atom. The Balaban J connectivity index is 1.40. The minimum Gasteiger partial charge on any atom is -0.493 e. The zero-order valence-corrected chi connectivity index (χ0v) is 23.9. The molecule has 3 heterocycles. The van der Waals surface area contributed by atoms with Gasteiger partial charge in [-0.2, -0.15) is 0 Å². The zero-order chi connectivity index (χ0) is 29.4. The van der Waals surface area contributed by atoms with Crippen molar-refractivity contribution in [3.05, 3.63) is 95.4 Å². The number of fused-ring (bicyclic) bond motifs is 4. The van der Waals surface area contributed by atoms with E-state index in [1.807, 2.05) is 62.5 Å². The molecule has 6 rings (SSSR count). The molecule has 0 fully saturated rings. The maximum Gasteiger partial charge on any atom is 0.253 e. The highest BCUT2D eigenvalue weighted by molar-refractivity contribution is 6.02. The number of hydrogen-bond acceptors (Lipinski definition) is 4. The van der Waals surface area contributed by atoms with Gasteiger partial charge in [0.1, 0.15) is 5.82 Å². The summed E-state index contributed by atoms with van der Waals surface area (Å²) in [6.45, 7) is 4.34. The van der Waals surface area contributed by atoms with E-state index in [-0.39, 0.29) is 24.4 Å². The van der Waals surface area contributed by atoms with Crippen molar-refractivity contribution < 1.29 is 23.8 Å². The number of benzene rings is 3. The molecule has 42 heavy (non-hydrogen) atoms. The highest BCUT2D eigenvalue weighted by Gasteiger charge is 2.29. The van der Waals surface area contributed by atoms with E-state index in [0.29, 0.717) is 35.7 Å². The number of H-pyrrole nitrogens is 1. The molecule has 3 aromatic carbocycles. The van der Waals surface area contributed by atoms with Crippen LogP contribution in [0.2, 0.25) is 0 Å². The first-order valence-electron chi connectivity index (χ1n) is 14.2. The van der Waals surface area contributed by atoms with Gasteiger partial charge >= 0.3 is 0 Å². The molecule has 7 nitrogen and oxygen atoms in total. The number of para-hydroxylation sites is 1. The van der Waals surface area contributed by atoms with Gasteiger partial charge in [-0.3, -0.25) is 4.79 Å². The standard InChI is InChI=1S/C34H34FN3O4/c1-20(2)42-32-17-27-22(15-31(32)41-3)12-13-38-30(27)16-28(33(38)21-8-10-24(35)11-9-21)34(40)37-25(19-39)14-23-18-36-29-7-5-4-6-26(23)29/h4-11,15-18,20,25,36,39H,12-14,19H2,1-3H3,(H,37,40)/t25-/m1/s1. The lowest BCUT2D eigenvalue weighted by Gasteiger charge is -2.24. The van der Waals surface area contributed by atoms with Crippen LogP contribution in [0.3, 0.4) is 0 Å². The summed E-state index contributed by atoms with van der Waals surface area (Å²) >= 11 is 0. The van der Waals surface area contributed by atoms with Crippen molar-refractivity contribution in [3.8, 4) is 34.0 Å². The molecule has 1 atom stereocenters. The van der Waals surface area contributed by atoms with Gasteiger partial charge in [0.15, 0.2) is 11.5 Å². The van der Waals surface area contributed by atoms with Crippen LogP contribution < -0.4 is 14.8 Å². The molecule has 5 aromatic rings. The van der Waals surface area contributed by atoms with E-state index in [1.54, 1.807) is 19.2 Å². The second-order valence-corrected chi connectivity index (χ2v) is 10.9. The molecule has 1 aliphatic rings. The van der Waals surface area contributed by atoms with Crippen LogP contribution in [0.4, 0.5) is 4.39 Å². The van der Waals surface area contributed by atoms with Crippen molar-refractivity contribution in [2.75, 3.05) is 13.7 Å². The largest absolute Gasteiger partial charge is 0.493 e. The van der Waals surface area contributed by atoms with Gasteiger partial charge in [0.2, 0.25) is 0 Å². The summed E-state index contributed by atoms with van der Waals surface area (Å²) in [5.74, 6) is 0.655. The lowest BCUT2D eigenvalue weighted by Crippen LogP contribution is -2.39. The first-order valence-corrected chi connectivity index (χ1v) is 14.2. The fourth-order valence-electron chi connectivity index (χ4n) is 5.87. The number of methoxy groups -OCH3 is 1. The lowest BCUT2D eigenvalue weighted by molar-refractivity contribution is 0.0917. The van der Waals surface area contributed by atoms with E-state index in [4.69, 9.17) is 9.47 Å². The van der Waals surface area contributed by atoms with Crippen molar-refractivity contribution in [3.63, 3.8) is 0 Å². The molecular weight excluding hydrogens is 533 g/mol. The van der Waals surface area contributed by atoms with Crippen LogP contribution in [-0.2, 0) is 19.4 Å². The number of nitrogens with one attached hydrogen (secondary N) is 2. The molecule has 0 aliphatic carbocycles. The average Bonchev–Trinajstić information content (AvgIpc) is 3.58. The molecule has 0 radical (unpaired) electrons. The Hall–Kier alpha value is -4.56. The van der Waals surface area contributed by atoms with E-state index in [2.05, 4.69) is 14.9 Å². The number of aliphatic hydroxyl groups is 1. The van der Waals surface area contributed by atoms with Gasteiger partial charge in [-0.1, -0.05) is 18.2 Å². The van der Waals surface area contributed by atoms with Crippen LogP contribution in [0.1, 0.15) is 35.3 Å². The Morgan fingerprint density at radius 2 is 1.88 bits per heavy atom. The van der Waals surface area contributed by atoms with E-state index < -0.39 is 6.04 Å². The third-order valence-electron chi connectivity index (χ3n) is 7.79. The fraction of sp³-hybridized carbons (Fsp3) is 0.265. The number of rotatable bonds is 9. The molecule has 3 N–H and O–H groups in total. The molecule has 0 spiro atoms. The topological polar surface area (TPSA) is 88.5 Å². The van der Waals surface area contributed by atoms with Crippen molar-refractivity contribution in [1.82, 2.24) is 14.9 Å². The number of aromatic amines is 1. The van der Waals surface area contributed by atoms with Gasteiger partial charge < -0.3 is 29.4 Å². The normalized spacial score (nSPS) is 13.1. The molecule has 0 saturated heterocycles. The summed E-state index contributed by atoms with van der Waals surface area (Å²) < 4.78 is 27.7. The number of amides is 1. The van der Waals surface area contributed by atoms with Crippen molar-refractivity contribution >= 4 is 16.8 Å². The van der Waals surface area contributed by atoms with Gasteiger partial charge in [0.05, 0.1) is 37.1 Å². The smallest absolute Gasteiger partial charge is 0.253 e. The molecule has 1 amide bonds. The first-order chi connectivity index (χ1) is 20.4.